The van der Waals surface area contributed by atoms with E-state index in [1.807, 2.05) is 0 Å². The molecule has 118 valence electrons. The maximum absolute atomic E-state index is 14.2. The molecule has 7 heteroatoms. The van der Waals surface area contributed by atoms with E-state index in [2.05, 4.69) is 15.3 Å². The van der Waals surface area contributed by atoms with E-state index >= 15 is 0 Å². The van der Waals surface area contributed by atoms with Gasteiger partial charge in [0.05, 0.1) is 23.3 Å². The van der Waals surface area contributed by atoms with Crippen molar-refractivity contribution in [3.63, 3.8) is 0 Å². The molecule has 0 bridgehead atoms. The largest absolute Gasteiger partial charge is 0.504 e. The number of nitrogens with zero attached hydrogens (tertiary/aromatic N) is 2. The minimum atomic E-state index is -0.559. The van der Waals surface area contributed by atoms with Crippen LogP contribution in [0.1, 0.15) is 5.56 Å². The third kappa shape index (κ3) is 2.73. The molecule has 2 N–H and O–H groups in total. The highest BCUT2D eigenvalue weighted by Gasteiger charge is 2.13. The molecule has 0 saturated carbocycles. The van der Waals surface area contributed by atoms with Gasteiger partial charge in [0.25, 0.3) is 0 Å². The fourth-order valence-corrected chi connectivity index (χ4v) is 2.37. The van der Waals surface area contributed by atoms with Crippen LogP contribution >= 0.6 is 11.6 Å². The summed E-state index contributed by atoms with van der Waals surface area (Å²) in [7, 11) is 1.45. The molecule has 0 fully saturated rings. The Morgan fingerprint density at radius 2 is 2.04 bits per heavy atom. The van der Waals surface area contributed by atoms with E-state index < -0.39 is 5.82 Å². The Hall–Kier alpha value is -2.60. The Labute approximate surface area is 136 Å². The minimum Gasteiger partial charge on any atom is -0.504 e. The third-order valence-corrected chi connectivity index (χ3v) is 3.93. The molecule has 3 rings (SSSR count). The zero-order chi connectivity index (χ0) is 16.6. The Morgan fingerprint density at radius 3 is 2.78 bits per heavy atom. The summed E-state index contributed by atoms with van der Waals surface area (Å²) in [6, 6.07) is 6.33. The Kier molecular flexibility index (Phi) is 3.92. The van der Waals surface area contributed by atoms with Crippen molar-refractivity contribution in [2.45, 2.75) is 6.92 Å². The van der Waals surface area contributed by atoms with Crippen LogP contribution in [-0.2, 0) is 0 Å². The van der Waals surface area contributed by atoms with E-state index in [-0.39, 0.29) is 16.5 Å². The molecular weight excluding hydrogens is 321 g/mol. The first kappa shape index (κ1) is 15.3. The molecule has 3 aromatic rings. The zero-order valence-corrected chi connectivity index (χ0v) is 13.1. The summed E-state index contributed by atoms with van der Waals surface area (Å²) in [6.45, 7) is 1.72. The number of phenolic OH excluding ortho intramolecular Hbond substituents is 1. The number of hydrogen-bond donors (Lipinski definition) is 2. The van der Waals surface area contributed by atoms with E-state index in [9.17, 15) is 9.50 Å². The van der Waals surface area contributed by atoms with Crippen LogP contribution in [0.3, 0.4) is 0 Å². The van der Waals surface area contributed by atoms with Gasteiger partial charge in [-0.1, -0.05) is 17.7 Å². The standard InChI is InChI=1S/C16H13ClFN3O2/c1-8-3-4-10(15(18)14(8)17)21-16-9-5-12(22)13(23-2)6-11(9)19-7-20-16/h3-7,22H,1-2H3,(H,19,20,21). The van der Waals surface area contributed by atoms with Crippen molar-refractivity contribution in [1.82, 2.24) is 9.97 Å². The average Bonchev–Trinajstić information content (AvgIpc) is 2.55. The van der Waals surface area contributed by atoms with Gasteiger partial charge in [0.2, 0.25) is 0 Å². The molecule has 0 spiro atoms. The summed E-state index contributed by atoms with van der Waals surface area (Å²) in [4.78, 5) is 8.23. The molecule has 0 saturated heterocycles. The van der Waals surface area contributed by atoms with Gasteiger partial charge in [0.15, 0.2) is 17.3 Å². The first-order chi connectivity index (χ1) is 11.0. The van der Waals surface area contributed by atoms with Crippen molar-refractivity contribution in [3.05, 3.63) is 47.0 Å². The first-order valence-corrected chi connectivity index (χ1v) is 7.12. The number of benzene rings is 2. The van der Waals surface area contributed by atoms with Crippen LogP contribution in [0.5, 0.6) is 11.5 Å². The number of rotatable bonds is 3. The number of methoxy groups -OCH3 is 1. The highest BCUT2D eigenvalue weighted by Crippen LogP contribution is 2.34. The van der Waals surface area contributed by atoms with Gasteiger partial charge in [0.1, 0.15) is 12.1 Å². The van der Waals surface area contributed by atoms with Crippen LogP contribution in [0.15, 0.2) is 30.6 Å². The number of aromatic hydroxyl groups is 1. The summed E-state index contributed by atoms with van der Waals surface area (Å²) in [5.74, 6) is 0.0370. The number of anilines is 2. The van der Waals surface area contributed by atoms with Crippen molar-refractivity contribution >= 4 is 34.0 Å². The molecule has 2 aromatic carbocycles. The second kappa shape index (κ2) is 5.89. The normalized spacial score (nSPS) is 10.8. The van der Waals surface area contributed by atoms with Gasteiger partial charge >= 0.3 is 0 Å². The fourth-order valence-electron chi connectivity index (χ4n) is 2.21. The van der Waals surface area contributed by atoms with Gasteiger partial charge in [-0.25, -0.2) is 14.4 Å². The van der Waals surface area contributed by atoms with Crippen LogP contribution in [-0.4, -0.2) is 22.2 Å². The quantitative estimate of drug-likeness (QED) is 0.752. The lowest BCUT2D eigenvalue weighted by Crippen LogP contribution is -1.99. The van der Waals surface area contributed by atoms with E-state index in [0.29, 0.717) is 28.0 Å². The lowest BCUT2D eigenvalue weighted by Gasteiger charge is -2.12. The number of fused-ring (bicyclic) bond motifs is 1. The van der Waals surface area contributed by atoms with Crippen molar-refractivity contribution in [2.75, 3.05) is 12.4 Å². The van der Waals surface area contributed by atoms with Crippen LogP contribution in [0.4, 0.5) is 15.9 Å². The topological polar surface area (TPSA) is 67.3 Å². The van der Waals surface area contributed by atoms with Crippen molar-refractivity contribution < 1.29 is 14.2 Å². The molecule has 0 unspecified atom stereocenters. The van der Waals surface area contributed by atoms with E-state index in [1.165, 1.54) is 19.5 Å². The highest BCUT2D eigenvalue weighted by atomic mass is 35.5. The van der Waals surface area contributed by atoms with Crippen LogP contribution in [0.2, 0.25) is 5.02 Å². The SMILES string of the molecule is COc1cc2ncnc(Nc3ccc(C)c(Cl)c3F)c2cc1O. The van der Waals surface area contributed by atoms with Crippen LogP contribution < -0.4 is 10.1 Å². The van der Waals surface area contributed by atoms with Crippen molar-refractivity contribution in [1.29, 1.82) is 0 Å². The molecule has 0 aliphatic carbocycles. The third-order valence-electron chi connectivity index (χ3n) is 3.46. The Morgan fingerprint density at radius 1 is 1.26 bits per heavy atom. The number of hydrogen-bond acceptors (Lipinski definition) is 5. The van der Waals surface area contributed by atoms with Gasteiger partial charge in [-0.2, -0.15) is 0 Å². The highest BCUT2D eigenvalue weighted by molar-refractivity contribution is 6.31. The van der Waals surface area contributed by atoms with Gasteiger partial charge in [-0.3, -0.25) is 0 Å². The predicted octanol–water partition coefficient (Wildman–Crippen LogP) is 4.19. The van der Waals surface area contributed by atoms with Gasteiger partial charge < -0.3 is 15.2 Å². The summed E-state index contributed by atoms with van der Waals surface area (Å²) in [5, 5.41) is 13.4. The second-order valence-corrected chi connectivity index (χ2v) is 5.32. The van der Waals surface area contributed by atoms with Gasteiger partial charge in [-0.15, -0.1) is 0 Å². The summed E-state index contributed by atoms with van der Waals surface area (Å²) >= 11 is 5.93. The number of aryl methyl sites for hydroxylation is 1. The van der Waals surface area contributed by atoms with Gasteiger partial charge in [0, 0.05) is 11.5 Å². The summed E-state index contributed by atoms with van der Waals surface area (Å²) in [5.41, 5.74) is 1.39. The molecule has 0 aliphatic heterocycles. The number of ether oxygens (including phenoxy) is 1. The van der Waals surface area contributed by atoms with E-state index in [4.69, 9.17) is 16.3 Å². The average molecular weight is 334 g/mol. The molecule has 0 atom stereocenters. The molecule has 0 radical (unpaired) electrons. The first-order valence-electron chi connectivity index (χ1n) is 6.74. The number of phenols is 1. The Bertz CT molecular complexity index is 902. The minimum absolute atomic E-state index is 0.0536. The number of aromatic nitrogens is 2. The molecule has 1 heterocycles. The van der Waals surface area contributed by atoms with Crippen molar-refractivity contribution in [2.24, 2.45) is 0 Å². The molecule has 5 nitrogen and oxygen atoms in total. The molecule has 1 aromatic heterocycles. The van der Waals surface area contributed by atoms with E-state index in [1.54, 1.807) is 25.1 Å². The van der Waals surface area contributed by atoms with Gasteiger partial charge in [-0.05, 0) is 24.6 Å². The summed E-state index contributed by atoms with van der Waals surface area (Å²) < 4.78 is 19.3. The van der Waals surface area contributed by atoms with Crippen molar-refractivity contribution in [3.8, 4) is 11.5 Å². The predicted molar refractivity (Wildman–Crippen MR) is 87.2 cm³/mol. The molecular formula is C16H13ClFN3O2. The second-order valence-electron chi connectivity index (χ2n) is 4.95. The molecule has 0 amide bonds. The fraction of sp³-hybridized carbons (Fsp3) is 0.125. The summed E-state index contributed by atoms with van der Waals surface area (Å²) in [6.07, 6.45) is 1.34. The lowest BCUT2D eigenvalue weighted by molar-refractivity contribution is 0.374. The zero-order valence-electron chi connectivity index (χ0n) is 12.4. The molecule has 23 heavy (non-hydrogen) atoms. The van der Waals surface area contributed by atoms with Crippen LogP contribution in [0.25, 0.3) is 10.9 Å². The maximum atomic E-state index is 14.2. The number of halogens is 2. The Balaban J connectivity index is 2.11. The monoisotopic (exact) mass is 333 g/mol. The smallest absolute Gasteiger partial charge is 0.165 e. The van der Waals surface area contributed by atoms with Crippen LogP contribution in [0, 0.1) is 12.7 Å². The number of nitrogens with one attached hydrogen (secondary N) is 1. The van der Waals surface area contributed by atoms with E-state index in [0.717, 1.165) is 0 Å². The maximum Gasteiger partial charge on any atom is 0.165 e. The lowest BCUT2D eigenvalue weighted by atomic mass is 10.2. The molecule has 0 aliphatic rings.